The van der Waals surface area contributed by atoms with Gasteiger partial charge in [-0.1, -0.05) is 5.16 Å². The Kier molecular flexibility index (Phi) is 4.66. The summed E-state index contributed by atoms with van der Waals surface area (Å²) in [7, 11) is 0. The molecule has 2 saturated heterocycles. The first-order chi connectivity index (χ1) is 11.8. The Bertz CT molecular complexity index is 630. The lowest BCUT2D eigenvalue weighted by Crippen LogP contribution is -2.61. The van der Waals surface area contributed by atoms with Crippen LogP contribution in [-0.2, 0) is 29.0 Å². The van der Waals surface area contributed by atoms with Crippen LogP contribution >= 0.6 is 0 Å². The Labute approximate surface area is 140 Å². The molecule has 0 unspecified atom stereocenters. The Balaban J connectivity index is 1.33. The molecular formula is C17H23N3O4. The Morgan fingerprint density at radius 1 is 1.17 bits per heavy atom. The van der Waals surface area contributed by atoms with E-state index in [0.717, 1.165) is 56.5 Å². The molecule has 2 aromatic rings. The molecule has 2 fully saturated rings. The van der Waals surface area contributed by atoms with Gasteiger partial charge in [-0.2, -0.15) is 0 Å². The zero-order valence-electron chi connectivity index (χ0n) is 13.7. The summed E-state index contributed by atoms with van der Waals surface area (Å²) in [5.41, 5.74) is 0.883. The second-order valence-electron chi connectivity index (χ2n) is 6.56. The van der Waals surface area contributed by atoms with E-state index in [1.807, 2.05) is 12.1 Å². The molecule has 0 bridgehead atoms. The molecular weight excluding hydrogens is 310 g/mol. The molecule has 0 amide bonds. The van der Waals surface area contributed by atoms with Crippen LogP contribution < -0.4 is 5.32 Å². The highest BCUT2D eigenvalue weighted by molar-refractivity contribution is 5.13. The molecule has 2 aliphatic heterocycles. The van der Waals surface area contributed by atoms with Crippen molar-refractivity contribution in [3.63, 3.8) is 0 Å². The molecule has 24 heavy (non-hydrogen) atoms. The molecule has 4 rings (SSSR count). The fourth-order valence-electron chi connectivity index (χ4n) is 3.14. The highest BCUT2D eigenvalue weighted by Crippen LogP contribution is 2.23. The van der Waals surface area contributed by atoms with Crippen molar-refractivity contribution in [3.05, 3.63) is 41.7 Å². The average Bonchev–Trinajstić information content (AvgIpc) is 3.23. The van der Waals surface area contributed by atoms with Crippen LogP contribution in [0.3, 0.4) is 0 Å². The van der Waals surface area contributed by atoms with Crippen molar-refractivity contribution in [2.75, 3.05) is 39.5 Å². The number of furan rings is 1. The van der Waals surface area contributed by atoms with Gasteiger partial charge in [-0.15, -0.1) is 0 Å². The van der Waals surface area contributed by atoms with Crippen LogP contribution in [0.1, 0.15) is 17.2 Å². The van der Waals surface area contributed by atoms with Crippen molar-refractivity contribution in [2.45, 2.75) is 25.0 Å². The summed E-state index contributed by atoms with van der Waals surface area (Å²) in [6, 6.07) is 5.93. The summed E-state index contributed by atoms with van der Waals surface area (Å²) >= 11 is 0. The van der Waals surface area contributed by atoms with E-state index in [-0.39, 0.29) is 5.54 Å². The van der Waals surface area contributed by atoms with Crippen LogP contribution in [0.4, 0.5) is 0 Å². The van der Waals surface area contributed by atoms with E-state index in [2.05, 4.69) is 21.4 Å². The van der Waals surface area contributed by atoms with Gasteiger partial charge in [0, 0.05) is 25.6 Å². The predicted octanol–water partition coefficient (Wildman–Crippen LogP) is 1.20. The number of rotatable bonds is 7. The lowest BCUT2D eigenvalue weighted by molar-refractivity contribution is -0.0761. The Hall–Kier alpha value is -1.67. The van der Waals surface area contributed by atoms with Crippen LogP contribution in [0.15, 0.2) is 33.4 Å². The highest BCUT2D eigenvalue weighted by Gasteiger charge is 2.39. The third kappa shape index (κ3) is 3.70. The van der Waals surface area contributed by atoms with E-state index < -0.39 is 0 Å². The van der Waals surface area contributed by atoms with E-state index in [1.165, 1.54) is 0 Å². The van der Waals surface area contributed by atoms with E-state index in [0.29, 0.717) is 19.8 Å². The van der Waals surface area contributed by atoms with Gasteiger partial charge < -0.3 is 18.4 Å². The Morgan fingerprint density at radius 2 is 2.04 bits per heavy atom. The van der Waals surface area contributed by atoms with E-state index in [1.54, 1.807) is 6.26 Å². The van der Waals surface area contributed by atoms with Crippen molar-refractivity contribution in [1.82, 2.24) is 15.4 Å². The summed E-state index contributed by atoms with van der Waals surface area (Å²) in [6.07, 6.45) is 2.48. The first kappa shape index (κ1) is 15.8. The average molecular weight is 333 g/mol. The minimum absolute atomic E-state index is 0.0834. The van der Waals surface area contributed by atoms with Crippen molar-refractivity contribution in [1.29, 1.82) is 0 Å². The number of hydrogen-bond donors (Lipinski definition) is 1. The topological polar surface area (TPSA) is 72.9 Å². The van der Waals surface area contributed by atoms with Gasteiger partial charge in [-0.05, 0) is 12.1 Å². The van der Waals surface area contributed by atoms with E-state index >= 15 is 0 Å². The number of morpholine rings is 1. The molecule has 7 nitrogen and oxygen atoms in total. The van der Waals surface area contributed by atoms with E-state index in [9.17, 15) is 0 Å². The molecule has 0 saturated carbocycles. The summed E-state index contributed by atoms with van der Waals surface area (Å²) < 4.78 is 21.7. The van der Waals surface area contributed by atoms with Gasteiger partial charge in [-0.3, -0.25) is 10.2 Å². The minimum atomic E-state index is -0.0834. The number of nitrogens with zero attached hydrogens (tertiary/aromatic N) is 2. The SMILES string of the molecule is c1coc(CNC2(Cc3cc(CN4CCOCC4)on3)COC2)c1. The maximum Gasteiger partial charge on any atom is 0.150 e. The monoisotopic (exact) mass is 333 g/mol. The van der Waals surface area contributed by atoms with Crippen LogP contribution in [0.25, 0.3) is 0 Å². The fraction of sp³-hybridized carbons (Fsp3) is 0.588. The summed E-state index contributed by atoms with van der Waals surface area (Å²) in [6.45, 7) is 6.31. The quantitative estimate of drug-likeness (QED) is 0.816. The van der Waals surface area contributed by atoms with Gasteiger partial charge in [0.25, 0.3) is 0 Å². The summed E-state index contributed by atoms with van der Waals surface area (Å²) in [5, 5.41) is 7.79. The normalized spacial score (nSPS) is 20.8. The maximum atomic E-state index is 5.51. The second kappa shape index (κ2) is 7.06. The summed E-state index contributed by atoms with van der Waals surface area (Å²) in [4.78, 5) is 2.32. The van der Waals surface area contributed by atoms with Crippen molar-refractivity contribution in [3.8, 4) is 0 Å². The van der Waals surface area contributed by atoms with Crippen LogP contribution in [0, 0.1) is 0 Å². The number of ether oxygens (including phenoxy) is 2. The number of nitrogens with one attached hydrogen (secondary N) is 1. The van der Waals surface area contributed by atoms with Gasteiger partial charge in [0.2, 0.25) is 0 Å². The lowest BCUT2D eigenvalue weighted by atomic mass is 9.91. The molecule has 7 heteroatoms. The molecule has 0 spiro atoms. The lowest BCUT2D eigenvalue weighted by Gasteiger charge is -2.41. The predicted molar refractivity (Wildman–Crippen MR) is 85.4 cm³/mol. The van der Waals surface area contributed by atoms with Crippen molar-refractivity contribution in [2.24, 2.45) is 0 Å². The zero-order chi connectivity index (χ0) is 16.2. The number of aromatic nitrogens is 1. The Morgan fingerprint density at radius 3 is 2.75 bits per heavy atom. The largest absolute Gasteiger partial charge is 0.468 e. The van der Waals surface area contributed by atoms with E-state index in [4.69, 9.17) is 18.4 Å². The van der Waals surface area contributed by atoms with Gasteiger partial charge in [0.15, 0.2) is 5.76 Å². The van der Waals surface area contributed by atoms with Crippen molar-refractivity contribution < 1.29 is 18.4 Å². The van der Waals surface area contributed by atoms with Gasteiger partial charge in [0.05, 0.1) is 57.0 Å². The maximum absolute atomic E-state index is 5.51. The molecule has 130 valence electrons. The highest BCUT2D eigenvalue weighted by atomic mass is 16.5. The molecule has 0 atom stereocenters. The molecule has 2 aliphatic rings. The van der Waals surface area contributed by atoms with Gasteiger partial charge >= 0.3 is 0 Å². The molecule has 1 N–H and O–H groups in total. The third-order valence-electron chi connectivity index (χ3n) is 4.58. The smallest absolute Gasteiger partial charge is 0.150 e. The molecule has 2 aromatic heterocycles. The third-order valence-corrected chi connectivity index (χ3v) is 4.58. The standard InChI is InChI=1S/C17H23N3O4/c1-2-15(23-5-1)10-18-17(12-22-13-17)9-14-8-16(24-19-14)11-20-3-6-21-7-4-20/h1-2,5,8,18H,3-4,6-7,9-13H2. The molecule has 0 radical (unpaired) electrons. The van der Waals surface area contributed by atoms with Crippen LogP contribution in [-0.4, -0.2) is 55.1 Å². The minimum Gasteiger partial charge on any atom is -0.468 e. The molecule has 0 aliphatic carbocycles. The first-order valence-corrected chi connectivity index (χ1v) is 8.41. The van der Waals surface area contributed by atoms with Gasteiger partial charge in [0.1, 0.15) is 5.76 Å². The molecule has 4 heterocycles. The van der Waals surface area contributed by atoms with Crippen LogP contribution in [0.5, 0.6) is 0 Å². The van der Waals surface area contributed by atoms with Gasteiger partial charge in [-0.25, -0.2) is 0 Å². The van der Waals surface area contributed by atoms with Crippen LogP contribution in [0.2, 0.25) is 0 Å². The van der Waals surface area contributed by atoms with Crippen molar-refractivity contribution >= 4 is 0 Å². The molecule has 0 aromatic carbocycles. The fourth-order valence-corrected chi connectivity index (χ4v) is 3.14. The summed E-state index contributed by atoms with van der Waals surface area (Å²) in [5.74, 6) is 1.84. The first-order valence-electron chi connectivity index (χ1n) is 8.41. The zero-order valence-corrected chi connectivity index (χ0v) is 13.7. The number of hydrogen-bond acceptors (Lipinski definition) is 7. The second-order valence-corrected chi connectivity index (χ2v) is 6.56.